The van der Waals surface area contributed by atoms with Crippen LogP contribution in [-0.2, 0) is 4.79 Å². The molecule has 2 N–H and O–H groups in total. The van der Waals surface area contributed by atoms with Crippen LogP contribution < -0.4 is 15.4 Å². The van der Waals surface area contributed by atoms with Gasteiger partial charge in [0.25, 0.3) is 5.91 Å². The number of anilines is 1. The van der Waals surface area contributed by atoms with E-state index in [4.69, 9.17) is 4.74 Å². The van der Waals surface area contributed by atoms with Gasteiger partial charge in [0, 0.05) is 6.04 Å². The molecular formula is C16H24N2O2. The van der Waals surface area contributed by atoms with E-state index >= 15 is 0 Å². The molecule has 110 valence electrons. The summed E-state index contributed by atoms with van der Waals surface area (Å²) in [6.45, 7) is 7.63. The van der Waals surface area contributed by atoms with Crippen LogP contribution in [0.4, 0.5) is 5.69 Å². The number of fused-ring (bicyclic) bond motifs is 1. The fourth-order valence-electron chi connectivity index (χ4n) is 2.78. The Morgan fingerprint density at radius 1 is 1.40 bits per heavy atom. The number of benzene rings is 1. The molecule has 1 amide bonds. The highest BCUT2D eigenvalue weighted by molar-refractivity contribution is 5.95. The lowest BCUT2D eigenvalue weighted by Crippen LogP contribution is -2.28. The van der Waals surface area contributed by atoms with E-state index in [1.54, 1.807) is 0 Å². The molecule has 1 heterocycles. The van der Waals surface area contributed by atoms with Gasteiger partial charge in [-0.1, -0.05) is 33.3 Å². The summed E-state index contributed by atoms with van der Waals surface area (Å²) in [6, 6.07) is 6.39. The maximum Gasteiger partial charge on any atom is 0.262 e. The maximum absolute atomic E-state index is 11.4. The molecule has 2 unspecified atom stereocenters. The van der Waals surface area contributed by atoms with Crippen molar-refractivity contribution in [3.8, 4) is 5.75 Å². The van der Waals surface area contributed by atoms with Crippen LogP contribution in [0.25, 0.3) is 0 Å². The fourth-order valence-corrected chi connectivity index (χ4v) is 2.78. The zero-order valence-corrected chi connectivity index (χ0v) is 12.5. The highest BCUT2D eigenvalue weighted by atomic mass is 16.5. The Hall–Kier alpha value is -1.55. The number of carbonyl (C=O) groups is 1. The van der Waals surface area contributed by atoms with Crippen molar-refractivity contribution in [1.29, 1.82) is 0 Å². The third-order valence-electron chi connectivity index (χ3n) is 3.73. The Kier molecular flexibility index (Phi) is 5.01. The second-order valence-corrected chi connectivity index (χ2v) is 5.39. The van der Waals surface area contributed by atoms with Crippen LogP contribution in [0.3, 0.4) is 0 Å². The second kappa shape index (κ2) is 6.75. The molecule has 1 aliphatic heterocycles. The van der Waals surface area contributed by atoms with Gasteiger partial charge in [0.1, 0.15) is 5.75 Å². The summed E-state index contributed by atoms with van der Waals surface area (Å²) in [4.78, 5) is 11.4. The van der Waals surface area contributed by atoms with Gasteiger partial charge in [0.15, 0.2) is 6.61 Å². The summed E-state index contributed by atoms with van der Waals surface area (Å²) in [5.41, 5.74) is 1.99. The molecule has 4 heteroatoms. The predicted molar refractivity (Wildman–Crippen MR) is 81.1 cm³/mol. The summed E-state index contributed by atoms with van der Waals surface area (Å²) in [5, 5.41) is 6.42. The van der Waals surface area contributed by atoms with Crippen LogP contribution in [0.15, 0.2) is 18.2 Å². The van der Waals surface area contributed by atoms with Crippen molar-refractivity contribution < 1.29 is 9.53 Å². The lowest BCUT2D eigenvalue weighted by molar-refractivity contribution is -0.118. The van der Waals surface area contributed by atoms with Crippen LogP contribution in [0.1, 0.15) is 45.2 Å². The van der Waals surface area contributed by atoms with Crippen molar-refractivity contribution in [1.82, 2.24) is 5.32 Å². The van der Waals surface area contributed by atoms with E-state index in [1.165, 1.54) is 18.4 Å². The molecule has 0 bridgehead atoms. The van der Waals surface area contributed by atoms with E-state index in [1.807, 2.05) is 12.1 Å². The minimum atomic E-state index is -0.0868. The Morgan fingerprint density at radius 3 is 2.90 bits per heavy atom. The Balaban J connectivity index is 2.24. The molecule has 0 aromatic heterocycles. The number of ether oxygens (including phenoxy) is 1. The normalized spacial score (nSPS) is 16.9. The summed E-state index contributed by atoms with van der Waals surface area (Å²) in [5.74, 6) is 1.22. The molecule has 0 saturated carbocycles. The predicted octanol–water partition coefficient (Wildman–Crippen LogP) is 3.10. The van der Waals surface area contributed by atoms with E-state index in [0.717, 1.165) is 18.0 Å². The zero-order chi connectivity index (χ0) is 14.5. The van der Waals surface area contributed by atoms with Crippen LogP contribution in [-0.4, -0.2) is 19.1 Å². The molecule has 0 radical (unpaired) electrons. The molecule has 1 aromatic carbocycles. The highest BCUT2D eigenvalue weighted by Gasteiger charge is 2.21. The lowest BCUT2D eigenvalue weighted by atomic mass is 9.90. The lowest BCUT2D eigenvalue weighted by Gasteiger charge is -2.27. The average molecular weight is 276 g/mol. The van der Waals surface area contributed by atoms with Crippen LogP contribution in [0.5, 0.6) is 5.75 Å². The smallest absolute Gasteiger partial charge is 0.262 e. The largest absolute Gasteiger partial charge is 0.482 e. The number of hydrogen-bond donors (Lipinski definition) is 2. The first-order chi connectivity index (χ1) is 9.65. The molecule has 2 atom stereocenters. The van der Waals surface area contributed by atoms with Gasteiger partial charge in [0.2, 0.25) is 0 Å². The van der Waals surface area contributed by atoms with E-state index in [-0.39, 0.29) is 12.5 Å². The van der Waals surface area contributed by atoms with Gasteiger partial charge in [-0.2, -0.15) is 0 Å². The van der Waals surface area contributed by atoms with E-state index in [9.17, 15) is 4.79 Å². The molecule has 1 aliphatic rings. The second-order valence-electron chi connectivity index (χ2n) is 5.39. The summed E-state index contributed by atoms with van der Waals surface area (Å²) in [7, 11) is 0. The minimum Gasteiger partial charge on any atom is -0.482 e. The number of nitrogens with one attached hydrogen (secondary N) is 2. The quantitative estimate of drug-likeness (QED) is 0.839. The van der Waals surface area contributed by atoms with Crippen molar-refractivity contribution in [3.05, 3.63) is 23.8 Å². The third kappa shape index (κ3) is 3.31. The van der Waals surface area contributed by atoms with Gasteiger partial charge in [-0.15, -0.1) is 0 Å². The van der Waals surface area contributed by atoms with Gasteiger partial charge in [-0.25, -0.2) is 0 Å². The van der Waals surface area contributed by atoms with Crippen LogP contribution >= 0.6 is 0 Å². The van der Waals surface area contributed by atoms with Crippen LogP contribution in [0, 0.1) is 5.92 Å². The van der Waals surface area contributed by atoms with Crippen molar-refractivity contribution in [2.45, 2.75) is 39.7 Å². The highest BCUT2D eigenvalue weighted by Crippen LogP contribution is 2.33. The SMILES string of the molecule is CCCC(C)C(NCC)c1ccc2c(c1)NC(=O)CO2. The molecule has 0 fully saturated rings. The molecule has 2 rings (SSSR count). The minimum absolute atomic E-state index is 0.0868. The van der Waals surface area contributed by atoms with Crippen molar-refractivity contribution in [2.24, 2.45) is 5.92 Å². The van der Waals surface area contributed by atoms with Gasteiger partial charge >= 0.3 is 0 Å². The first-order valence-corrected chi connectivity index (χ1v) is 7.45. The van der Waals surface area contributed by atoms with Crippen molar-refractivity contribution in [3.63, 3.8) is 0 Å². The van der Waals surface area contributed by atoms with Gasteiger partial charge in [0.05, 0.1) is 5.69 Å². The zero-order valence-electron chi connectivity index (χ0n) is 12.5. The summed E-state index contributed by atoms with van der Waals surface area (Å²) in [6.07, 6.45) is 2.35. The van der Waals surface area contributed by atoms with E-state index in [2.05, 4.69) is 37.5 Å². The number of hydrogen-bond acceptors (Lipinski definition) is 3. The number of rotatable bonds is 6. The number of amides is 1. The first kappa shape index (κ1) is 14.9. The molecular weight excluding hydrogens is 252 g/mol. The molecule has 0 spiro atoms. The Labute approximate surface area is 120 Å². The average Bonchev–Trinajstić information content (AvgIpc) is 2.44. The van der Waals surface area contributed by atoms with Gasteiger partial charge < -0.3 is 15.4 Å². The standard InChI is InChI=1S/C16H24N2O2/c1-4-6-11(3)16(17-5-2)12-7-8-14-13(9-12)18-15(19)10-20-14/h7-9,11,16-17H,4-6,10H2,1-3H3,(H,18,19). The van der Waals surface area contributed by atoms with Crippen molar-refractivity contribution in [2.75, 3.05) is 18.5 Å². The topological polar surface area (TPSA) is 50.4 Å². The van der Waals surface area contributed by atoms with E-state index in [0.29, 0.717) is 12.0 Å². The Morgan fingerprint density at radius 2 is 2.20 bits per heavy atom. The van der Waals surface area contributed by atoms with Gasteiger partial charge in [-0.3, -0.25) is 4.79 Å². The maximum atomic E-state index is 11.4. The van der Waals surface area contributed by atoms with Gasteiger partial charge in [-0.05, 0) is 36.6 Å². The number of carbonyl (C=O) groups excluding carboxylic acids is 1. The summed E-state index contributed by atoms with van der Waals surface area (Å²) < 4.78 is 5.41. The molecule has 20 heavy (non-hydrogen) atoms. The summed E-state index contributed by atoms with van der Waals surface area (Å²) >= 11 is 0. The van der Waals surface area contributed by atoms with E-state index < -0.39 is 0 Å². The Bertz CT molecular complexity index is 474. The molecule has 0 saturated heterocycles. The molecule has 1 aromatic rings. The molecule has 0 aliphatic carbocycles. The first-order valence-electron chi connectivity index (χ1n) is 7.45. The third-order valence-corrected chi connectivity index (χ3v) is 3.73. The van der Waals surface area contributed by atoms with Crippen molar-refractivity contribution >= 4 is 11.6 Å². The fraction of sp³-hybridized carbons (Fsp3) is 0.562. The monoisotopic (exact) mass is 276 g/mol. The van der Waals surface area contributed by atoms with Crippen LogP contribution in [0.2, 0.25) is 0 Å². The molecule has 4 nitrogen and oxygen atoms in total.